The van der Waals surface area contributed by atoms with Crippen molar-refractivity contribution in [2.24, 2.45) is 0 Å². The highest BCUT2D eigenvalue weighted by molar-refractivity contribution is 5.02. The quantitative estimate of drug-likeness (QED) is 0.590. The van der Waals surface area contributed by atoms with Crippen molar-refractivity contribution >= 4 is 0 Å². The summed E-state index contributed by atoms with van der Waals surface area (Å²) in [5, 5.41) is 8.63. The van der Waals surface area contributed by atoms with Crippen LogP contribution in [0.25, 0.3) is 0 Å². The lowest BCUT2D eigenvalue weighted by Crippen LogP contribution is -2.38. The number of hydrogen-bond acceptors (Lipinski definition) is 3. The van der Waals surface area contributed by atoms with Crippen molar-refractivity contribution in [2.75, 3.05) is 14.2 Å². The van der Waals surface area contributed by atoms with Gasteiger partial charge in [-0.05, 0) is 13.8 Å². The minimum Gasteiger partial charge on any atom is -0.378 e. The van der Waals surface area contributed by atoms with Crippen LogP contribution in [-0.4, -0.2) is 25.9 Å². The van der Waals surface area contributed by atoms with Gasteiger partial charge in [0.05, 0.1) is 6.10 Å². The monoisotopic (exact) mass is 143 g/mol. The number of rotatable bonds is 3. The number of ether oxygens (including phenoxy) is 2. The van der Waals surface area contributed by atoms with E-state index < -0.39 is 5.60 Å². The second kappa shape index (κ2) is 3.55. The third-order valence-corrected chi connectivity index (χ3v) is 1.78. The van der Waals surface area contributed by atoms with E-state index in [0.717, 1.165) is 0 Å². The molecule has 0 saturated carbocycles. The molecule has 10 heavy (non-hydrogen) atoms. The van der Waals surface area contributed by atoms with Crippen molar-refractivity contribution in [3.8, 4) is 6.07 Å². The van der Waals surface area contributed by atoms with Gasteiger partial charge in [0.25, 0.3) is 0 Å². The third kappa shape index (κ3) is 1.69. The van der Waals surface area contributed by atoms with Gasteiger partial charge < -0.3 is 9.47 Å². The zero-order chi connectivity index (χ0) is 8.20. The summed E-state index contributed by atoms with van der Waals surface area (Å²) in [4.78, 5) is 0. The Kier molecular flexibility index (Phi) is 3.34. The predicted octanol–water partition coefficient (Wildman–Crippen LogP) is 0.950. The number of nitriles is 1. The van der Waals surface area contributed by atoms with Gasteiger partial charge in [-0.2, -0.15) is 5.26 Å². The molecule has 0 fully saturated rings. The van der Waals surface area contributed by atoms with E-state index in [2.05, 4.69) is 0 Å². The molecule has 0 N–H and O–H groups in total. The number of nitrogens with zero attached hydrogens (tertiary/aromatic N) is 1. The fourth-order valence-electron chi connectivity index (χ4n) is 0.527. The Balaban J connectivity index is 4.21. The lowest BCUT2D eigenvalue weighted by molar-refractivity contribution is -0.0616. The molecule has 2 atom stereocenters. The molecule has 0 aliphatic rings. The van der Waals surface area contributed by atoms with Gasteiger partial charge in [0.1, 0.15) is 6.07 Å². The third-order valence-electron chi connectivity index (χ3n) is 1.78. The predicted molar refractivity (Wildman–Crippen MR) is 37.5 cm³/mol. The van der Waals surface area contributed by atoms with Crippen LogP contribution in [0.3, 0.4) is 0 Å². The summed E-state index contributed by atoms with van der Waals surface area (Å²) >= 11 is 0. The smallest absolute Gasteiger partial charge is 0.176 e. The zero-order valence-corrected chi connectivity index (χ0v) is 6.84. The van der Waals surface area contributed by atoms with Crippen LogP contribution in [-0.2, 0) is 9.47 Å². The molecule has 0 aromatic heterocycles. The van der Waals surface area contributed by atoms with E-state index in [1.165, 1.54) is 7.11 Å². The first-order valence-corrected chi connectivity index (χ1v) is 3.10. The molecular weight excluding hydrogens is 130 g/mol. The van der Waals surface area contributed by atoms with E-state index in [0.29, 0.717) is 0 Å². The van der Waals surface area contributed by atoms with Gasteiger partial charge in [0.15, 0.2) is 5.60 Å². The maximum Gasteiger partial charge on any atom is 0.176 e. The van der Waals surface area contributed by atoms with Crippen molar-refractivity contribution in [3.63, 3.8) is 0 Å². The van der Waals surface area contributed by atoms with Gasteiger partial charge in [-0.25, -0.2) is 0 Å². The summed E-state index contributed by atoms with van der Waals surface area (Å²) in [7, 11) is 3.05. The summed E-state index contributed by atoms with van der Waals surface area (Å²) in [5.41, 5.74) is -0.825. The Labute approximate surface area is 61.5 Å². The van der Waals surface area contributed by atoms with Crippen LogP contribution in [0.5, 0.6) is 0 Å². The Bertz CT molecular complexity index is 141. The average Bonchev–Trinajstić information content (AvgIpc) is 2.01. The van der Waals surface area contributed by atoms with E-state index in [-0.39, 0.29) is 6.10 Å². The largest absolute Gasteiger partial charge is 0.378 e. The molecule has 0 aromatic rings. The van der Waals surface area contributed by atoms with Crippen LogP contribution in [0.15, 0.2) is 0 Å². The van der Waals surface area contributed by atoms with Crippen LogP contribution in [0.1, 0.15) is 13.8 Å². The maximum atomic E-state index is 8.63. The van der Waals surface area contributed by atoms with Gasteiger partial charge in [-0.15, -0.1) is 0 Å². The molecule has 0 heterocycles. The van der Waals surface area contributed by atoms with Crippen LogP contribution >= 0.6 is 0 Å². The van der Waals surface area contributed by atoms with Gasteiger partial charge in [0, 0.05) is 14.2 Å². The molecule has 0 saturated heterocycles. The summed E-state index contributed by atoms with van der Waals surface area (Å²) in [6.07, 6.45) is -0.206. The Morgan fingerprint density at radius 1 is 1.50 bits per heavy atom. The molecule has 0 aliphatic carbocycles. The first kappa shape index (κ1) is 9.41. The molecule has 0 radical (unpaired) electrons. The highest BCUT2D eigenvalue weighted by Gasteiger charge is 2.30. The Hall–Kier alpha value is -0.590. The standard InChI is InChI=1S/C7H13NO2/c1-6(9-3)7(2,5-8)10-4/h6H,1-4H3. The molecule has 0 bridgehead atoms. The number of hydrogen-bond donors (Lipinski definition) is 0. The van der Waals surface area contributed by atoms with Crippen LogP contribution in [0.4, 0.5) is 0 Å². The van der Waals surface area contributed by atoms with E-state index in [1.807, 2.05) is 6.07 Å². The van der Waals surface area contributed by atoms with Crippen LogP contribution < -0.4 is 0 Å². The highest BCUT2D eigenvalue weighted by atomic mass is 16.5. The van der Waals surface area contributed by atoms with E-state index in [9.17, 15) is 0 Å². The van der Waals surface area contributed by atoms with E-state index in [1.54, 1.807) is 21.0 Å². The fraction of sp³-hybridized carbons (Fsp3) is 0.857. The highest BCUT2D eigenvalue weighted by Crippen LogP contribution is 2.15. The zero-order valence-electron chi connectivity index (χ0n) is 6.84. The first-order valence-electron chi connectivity index (χ1n) is 3.10. The molecule has 2 unspecified atom stereocenters. The maximum absolute atomic E-state index is 8.63. The van der Waals surface area contributed by atoms with Gasteiger partial charge in [-0.1, -0.05) is 0 Å². The normalized spacial score (nSPS) is 19.1. The average molecular weight is 143 g/mol. The second-order valence-electron chi connectivity index (χ2n) is 2.30. The van der Waals surface area contributed by atoms with Crippen LogP contribution in [0.2, 0.25) is 0 Å². The van der Waals surface area contributed by atoms with Crippen molar-refractivity contribution < 1.29 is 9.47 Å². The minimum absolute atomic E-state index is 0.206. The first-order chi connectivity index (χ1) is 4.60. The van der Waals surface area contributed by atoms with Crippen LogP contribution in [0, 0.1) is 11.3 Å². The lowest BCUT2D eigenvalue weighted by Gasteiger charge is -2.25. The topological polar surface area (TPSA) is 42.2 Å². The lowest BCUT2D eigenvalue weighted by atomic mass is 10.0. The molecule has 3 nitrogen and oxygen atoms in total. The molecule has 0 amide bonds. The molecule has 0 aliphatic heterocycles. The fourth-order valence-corrected chi connectivity index (χ4v) is 0.527. The SMILES string of the molecule is COC(C)C(C)(C#N)OC. The van der Waals surface area contributed by atoms with E-state index >= 15 is 0 Å². The summed E-state index contributed by atoms with van der Waals surface area (Å²) in [5.74, 6) is 0. The van der Waals surface area contributed by atoms with Gasteiger partial charge >= 0.3 is 0 Å². The molecular formula is C7H13NO2. The van der Waals surface area contributed by atoms with Gasteiger partial charge in [0.2, 0.25) is 0 Å². The summed E-state index contributed by atoms with van der Waals surface area (Å²) in [6.45, 7) is 3.49. The van der Waals surface area contributed by atoms with Crippen molar-refractivity contribution in [1.29, 1.82) is 5.26 Å². The Morgan fingerprint density at radius 2 is 2.00 bits per heavy atom. The Morgan fingerprint density at radius 3 is 2.10 bits per heavy atom. The molecule has 58 valence electrons. The molecule has 0 rings (SSSR count). The molecule has 0 aromatic carbocycles. The summed E-state index contributed by atoms with van der Waals surface area (Å²) in [6, 6.07) is 2.03. The number of methoxy groups -OCH3 is 2. The minimum atomic E-state index is -0.825. The van der Waals surface area contributed by atoms with Crippen molar-refractivity contribution in [2.45, 2.75) is 25.6 Å². The molecule has 3 heteroatoms. The molecule has 0 spiro atoms. The van der Waals surface area contributed by atoms with Crippen molar-refractivity contribution in [1.82, 2.24) is 0 Å². The van der Waals surface area contributed by atoms with Gasteiger partial charge in [-0.3, -0.25) is 0 Å². The summed E-state index contributed by atoms with van der Waals surface area (Å²) < 4.78 is 9.90. The second-order valence-corrected chi connectivity index (χ2v) is 2.30. The van der Waals surface area contributed by atoms with E-state index in [4.69, 9.17) is 14.7 Å². The van der Waals surface area contributed by atoms with Crippen molar-refractivity contribution in [3.05, 3.63) is 0 Å².